The van der Waals surface area contributed by atoms with Crippen LogP contribution in [0.5, 0.6) is 0 Å². The minimum absolute atomic E-state index is 0.0291. The number of fused-ring (bicyclic) bond motifs is 1. The quantitative estimate of drug-likeness (QED) is 0.432. The van der Waals surface area contributed by atoms with E-state index in [0.717, 1.165) is 15.7 Å². The minimum Gasteiger partial charge on any atom is -0.462 e. The Labute approximate surface area is 189 Å². The van der Waals surface area contributed by atoms with Crippen LogP contribution >= 0.6 is 0 Å². The molecule has 0 amide bonds. The Kier molecular flexibility index (Phi) is 5.71. The van der Waals surface area contributed by atoms with E-state index < -0.39 is 17.2 Å². The zero-order valence-corrected chi connectivity index (χ0v) is 19.1. The van der Waals surface area contributed by atoms with Crippen LogP contribution in [0, 0.1) is 20.8 Å². The number of aromatic nitrogens is 4. The maximum absolute atomic E-state index is 13.4. The van der Waals surface area contributed by atoms with Crippen molar-refractivity contribution in [3.05, 3.63) is 79.4 Å². The fourth-order valence-electron chi connectivity index (χ4n) is 3.77. The molecule has 0 unspecified atom stereocenters. The number of esters is 1. The van der Waals surface area contributed by atoms with Gasteiger partial charge in [-0.05, 0) is 45.4 Å². The molecular weight excluding hydrogens is 424 g/mol. The van der Waals surface area contributed by atoms with Gasteiger partial charge in [-0.15, -0.1) is 0 Å². The molecule has 0 bridgehead atoms. The van der Waals surface area contributed by atoms with Gasteiger partial charge in [0.05, 0.1) is 24.1 Å². The van der Waals surface area contributed by atoms with Gasteiger partial charge < -0.3 is 9.15 Å². The highest BCUT2D eigenvalue weighted by Crippen LogP contribution is 2.25. The number of hydrogen-bond acceptors (Lipinski definition) is 7. The standard InChI is InChI=1S/C24H24N4O5/c1-6-32-23(30)17-11-14(3)25-20-19(17)22(29)28(24(31)27(20)5)12-18-15(4)33-21(26-18)16-10-8-7-9-13(16)2/h7-11H,6,12H2,1-5H3. The molecule has 33 heavy (non-hydrogen) atoms. The summed E-state index contributed by atoms with van der Waals surface area (Å²) < 4.78 is 13.3. The van der Waals surface area contributed by atoms with Crippen molar-refractivity contribution in [2.75, 3.05) is 6.61 Å². The molecular formula is C24H24N4O5. The lowest BCUT2D eigenvalue weighted by Crippen LogP contribution is -2.40. The molecule has 9 nitrogen and oxygen atoms in total. The number of pyridine rings is 1. The molecule has 0 N–H and O–H groups in total. The van der Waals surface area contributed by atoms with Crippen molar-refractivity contribution in [1.82, 2.24) is 19.1 Å². The average molecular weight is 448 g/mol. The predicted octanol–water partition coefficient (Wildman–Crippen LogP) is 2.90. The Morgan fingerprint density at radius 2 is 1.85 bits per heavy atom. The summed E-state index contributed by atoms with van der Waals surface area (Å²) >= 11 is 0. The molecule has 0 saturated heterocycles. The Hall–Kier alpha value is -4.01. The van der Waals surface area contributed by atoms with E-state index in [-0.39, 0.29) is 29.7 Å². The highest BCUT2D eigenvalue weighted by Gasteiger charge is 2.22. The second-order valence-corrected chi connectivity index (χ2v) is 7.80. The number of nitrogens with zero attached hydrogens (tertiary/aromatic N) is 4. The lowest BCUT2D eigenvalue weighted by Gasteiger charge is -2.12. The molecule has 3 heterocycles. The number of oxazole rings is 1. The molecule has 0 saturated carbocycles. The summed E-state index contributed by atoms with van der Waals surface area (Å²) in [5.74, 6) is 0.264. The lowest BCUT2D eigenvalue weighted by atomic mass is 10.1. The summed E-state index contributed by atoms with van der Waals surface area (Å²) in [6.07, 6.45) is 0. The van der Waals surface area contributed by atoms with Crippen molar-refractivity contribution in [3.8, 4) is 11.5 Å². The van der Waals surface area contributed by atoms with Gasteiger partial charge >= 0.3 is 11.7 Å². The molecule has 4 rings (SSSR count). The Balaban J connectivity index is 1.90. The first-order valence-electron chi connectivity index (χ1n) is 10.5. The van der Waals surface area contributed by atoms with Crippen LogP contribution in [0.15, 0.2) is 44.3 Å². The van der Waals surface area contributed by atoms with Gasteiger partial charge in [0.1, 0.15) is 17.1 Å². The number of benzene rings is 1. The van der Waals surface area contributed by atoms with Crippen LogP contribution in [0.4, 0.5) is 0 Å². The van der Waals surface area contributed by atoms with Crippen LogP contribution in [0.2, 0.25) is 0 Å². The van der Waals surface area contributed by atoms with Crippen molar-refractivity contribution in [1.29, 1.82) is 0 Å². The molecule has 0 aliphatic heterocycles. The topological polar surface area (TPSA) is 109 Å². The Bertz CT molecular complexity index is 1510. The fourth-order valence-corrected chi connectivity index (χ4v) is 3.77. The molecule has 9 heteroatoms. The molecule has 0 fully saturated rings. The van der Waals surface area contributed by atoms with E-state index in [0.29, 0.717) is 23.0 Å². The number of carbonyl (C=O) groups is 1. The predicted molar refractivity (Wildman–Crippen MR) is 122 cm³/mol. The maximum atomic E-state index is 13.4. The van der Waals surface area contributed by atoms with Crippen LogP contribution in [0.25, 0.3) is 22.5 Å². The van der Waals surface area contributed by atoms with Crippen LogP contribution in [-0.2, 0) is 18.3 Å². The second-order valence-electron chi connectivity index (χ2n) is 7.80. The molecule has 170 valence electrons. The zero-order chi connectivity index (χ0) is 23.9. The number of ether oxygens (including phenoxy) is 1. The van der Waals surface area contributed by atoms with Crippen molar-refractivity contribution in [2.24, 2.45) is 7.05 Å². The van der Waals surface area contributed by atoms with Crippen molar-refractivity contribution >= 4 is 17.0 Å². The van der Waals surface area contributed by atoms with Gasteiger partial charge in [0.15, 0.2) is 0 Å². The Morgan fingerprint density at radius 1 is 1.12 bits per heavy atom. The fraction of sp³-hybridized carbons (Fsp3) is 0.292. The highest BCUT2D eigenvalue weighted by molar-refractivity contribution is 6.02. The molecule has 1 aromatic carbocycles. The summed E-state index contributed by atoms with van der Waals surface area (Å²) in [5.41, 5.74) is 1.76. The smallest absolute Gasteiger partial charge is 0.339 e. The Morgan fingerprint density at radius 3 is 2.55 bits per heavy atom. The SMILES string of the molecule is CCOC(=O)c1cc(C)nc2c1c(=O)n(Cc1nc(-c3ccccc3C)oc1C)c(=O)n2C. The van der Waals surface area contributed by atoms with Crippen LogP contribution < -0.4 is 11.2 Å². The van der Waals surface area contributed by atoms with Crippen molar-refractivity contribution in [2.45, 2.75) is 34.2 Å². The third-order valence-corrected chi connectivity index (χ3v) is 5.49. The summed E-state index contributed by atoms with van der Waals surface area (Å²) in [4.78, 5) is 47.9. The molecule has 0 aliphatic rings. The molecule has 0 aliphatic carbocycles. The van der Waals surface area contributed by atoms with E-state index in [9.17, 15) is 14.4 Å². The van der Waals surface area contributed by atoms with Crippen LogP contribution in [0.1, 0.15) is 40.0 Å². The molecule has 0 atom stereocenters. The zero-order valence-electron chi connectivity index (χ0n) is 19.1. The first-order chi connectivity index (χ1) is 15.7. The summed E-state index contributed by atoms with van der Waals surface area (Å²) in [6.45, 7) is 7.09. The van der Waals surface area contributed by atoms with Crippen LogP contribution in [-0.4, -0.2) is 31.7 Å². The van der Waals surface area contributed by atoms with E-state index >= 15 is 0 Å². The molecule has 4 aromatic rings. The third kappa shape index (κ3) is 3.86. The lowest BCUT2D eigenvalue weighted by molar-refractivity contribution is 0.0528. The molecule has 3 aromatic heterocycles. The monoisotopic (exact) mass is 448 g/mol. The van der Waals surface area contributed by atoms with Crippen LogP contribution in [0.3, 0.4) is 0 Å². The van der Waals surface area contributed by atoms with Gasteiger partial charge in [0.2, 0.25) is 5.89 Å². The van der Waals surface area contributed by atoms with E-state index in [1.807, 2.05) is 31.2 Å². The van der Waals surface area contributed by atoms with Gasteiger partial charge in [-0.25, -0.2) is 19.6 Å². The largest absolute Gasteiger partial charge is 0.462 e. The summed E-state index contributed by atoms with van der Waals surface area (Å²) in [7, 11) is 1.51. The third-order valence-electron chi connectivity index (χ3n) is 5.49. The summed E-state index contributed by atoms with van der Waals surface area (Å²) in [6, 6.07) is 9.14. The molecule has 0 radical (unpaired) electrons. The normalized spacial score (nSPS) is 11.2. The van der Waals surface area contributed by atoms with Gasteiger partial charge in [-0.2, -0.15) is 0 Å². The average Bonchev–Trinajstić information content (AvgIpc) is 3.15. The van der Waals surface area contributed by atoms with E-state index in [2.05, 4.69) is 9.97 Å². The highest BCUT2D eigenvalue weighted by atomic mass is 16.5. The first kappa shape index (κ1) is 22.2. The minimum atomic E-state index is -0.644. The van der Waals surface area contributed by atoms with E-state index in [1.165, 1.54) is 17.7 Å². The number of hydrogen-bond donors (Lipinski definition) is 0. The first-order valence-corrected chi connectivity index (χ1v) is 10.5. The van der Waals surface area contributed by atoms with Gasteiger partial charge in [-0.3, -0.25) is 13.9 Å². The van der Waals surface area contributed by atoms with E-state index in [1.54, 1.807) is 20.8 Å². The maximum Gasteiger partial charge on any atom is 0.339 e. The van der Waals surface area contributed by atoms with Gasteiger partial charge in [0.25, 0.3) is 5.56 Å². The molecule has 0 spiro atoms. The van der Waals surface area contributed by atoms with E-state index in [4.69, 9.17) is 9.15 Å². The number of rotatable bonds is 5. The van der Waals surface area contributed by atoms with Crippen molar-refractivity contribution in [3.63, 3.8) is 0 Å². The van der Waals surface area contributed by atoms with Crippen molar-refractivity contribution < 1.29 is 13.9 Å². The van der Waals surface area contributed by atoms with Gasteiger partial charge in [-0.1, -0.05) is 18.2 Å². The second kappa shape index (κ2) is 8.50. The number of aryl methyl sites for hydroxylation is 4. The summed E-state index contributed by atoms with van der Waals surface area (Å²) in [5, 5.41) is 0.0291. The van der Waals surface area contributed by atoms with Gasteiger partial charge in [0, 0.05) is 18.3 Å². The number of carbonyl (C=O) groups excluding carboxylic acids is 1.